The summed E-state index contributed by atoms with van der Waals surface area (Å²) in [5.74, 6) is -0.150. The van der Waals surface area contributed by atoms with Crippen molar-refractivity contribution in [1.82, 2.24) is 15.3 Å². The standard InChI is InChI=1S/C17H15N3O/c21-17(20-12-9-14-6-3-4-10-18-14)16-15-7-2-1-5-13(15)8-11-19-16/h1-8,10-11H,9,12H2,(H,20,21). The van der Waals surface area contributed by atoms with Crippen molar-refractivity contribution in [2.45, 2.75) is 6.42 Å². The number of carbonyl (C=O) groups excluding carboxylic acids is 1. The lowest BCUT2D eigenvalue weighted by Gasteiger charge is -2.07. The maximum Gasteiger partial charge on any atom is 0.270 e. The van der Waals surface area contributed by atoms with Gasteiger partial charge < -0.3 is 5.32 Å². The predicted molar refractivity (Wildman–Crippen MR) is 82.0 cm³/mol. The molecule has 0 atom stereocenters. The SMILES string of the molecule is O=C(NCCc1ccccn1)c1nccc2ccccc12. The molecular formula is C17H15N3O. The number of nitrogens with one attached hydrogen (secondary N) is 1. The van der Waals surface area contributed by atoms with E-state index in [-0.39, 0.29) is 5.91 Å². The van der Waals surface area contributed by atoms with Gasteiger partial charge in [0.05, 0.1) is 0 Å². The Bertz CT molecular complexity index is 751. The van der Waals surface area contributed by atoms with Crippen molar-refractivity contribution >= 4 is 16.7 Å². The Hall–Kier alpha value is -2.75. The van der Waals surface area contributed by atoms with Crippen LogP contribution in [-0.4, -0.2) is 22.4 Å². The summed E-state index contributed by atoms with van der Waals surface area (Å²) in [5, 5.41) is 4.78. The first-order chi connectivity index (χ1) is 10.3. The summed E-state index contributed by atoms with van der Waals surface area (Å²) in [7, 11) is 0. The van der Waals surface area contributed by atoms with Crippen LogP contribution in [0.15, 0.2) is 60.9 Å². The molecule has 0 radical (unpaired) electrons. The zero-order valence-electron chi connectivity index (χ0n) is 11.5. The lowest BCUT2D eigenvalue weighted by atomic mass is 10.1. The normalized spacial score (nSPS) is 10.5. The summed E-state index contributed by atoms with van der Waals surface area (Å²) >= 11 is 0. The molecule has 0 bridgehead atoms. The van der Waals surface area contributed by atoms with E-state index in [1.54, 1.807) is 12.4 Å². The first-order valence-corrected chi connectivity index (χ1v) is 6.86. The van der Waals surface area contributed by atoms with Crippen LogP contribution >= 0.6 is 0 Å². The smallest absolute Gasteiger partial charge is 0.270 e. The van der Waals surface area contributed by atoms with Gasteiger partial charge in [0.25, 0.3) is 5.91 Å². The van der Waals surface area contributed by atoms with E-state index >= 15 is 0 Å². The average molecular weight is 277 g/mol. The summed E-state index contributed by atoms with van der Waals surface area (Å²) in [4.78, 5) is 20.7. The number of amides is 1. The third kappa shape index (κ3) is 3.05. The molecule has 0 unspecified atom stereocenters. The van der Waals surface area contributed by atoms with Crippen molar-refractivity contribution in [2.24, 2.45) is 0 Å². The molecule has 0 aliphatic rings. The van der Waals surface area contributed by atoms with Gasteiger partial charge in [-0.25, -0.2) is 0 Å². The molecule has 0 fully saturated rings. The van der Waals surface area contributed by atoms with Gasteiger partial charge in [0.1, 0.15) is 5.69 Å². The number of nitrogens with zero attached hydrogens (tertiary/aromatic N) is 2. The highest BCUT2D eigenvalue weighted by Gasteiger charge is 2.10. The van der Waals surface area contributed by atoms with Crippen LogP contribution < -0.4 is 5.32 Å². The second-order valence-electron chi connectivity index (χ2n) is 4.71. The number of pyridine rings is 2. The lowest BCUT2D eigenvalue weighted by molar-refractivity contribution is 0.0951. The molecule has 3 aromatic rings. The second kappa shape index (κ2) is 6.13. The Morgan fingerprint density at radius 1 is 0.952 bits per heavy atom. The fourth-order valence-corrected chi connectivity index (χ4v) is 2.23. The highest BCUT2D eigenvalue weighted by atomic mass is 16.1. The van der Waals surface area contributed by atoms with Gasteiger partial charge in [-0.2, -0.15) is 0 Å². The fraction of sp³-hybridized carbons (Fsp3) is 0.118. The van der Waals surface area contributed by atoms with Gasteiger partial charge in [0.2, 0.25) is 0 Å². The van der Waals surface area contributed by atoms with E-state index in [9.17, 15) is 4.79 Å². The predicted octanol–water partition coefficient (Wildman–Crippen LogP) is 2.60. The monoisotopic (exact) mass is 277 g/mol. The second-order valence-corrected chi connectivity index (χ2v) is 4.71. The van der Waals surface area contributed by atoms with Crippen molar-refractivity contribution in [3.63, 3.8) is 0 Å². The molecule has 104 valence electrons. The van der Waals surface area contributed by atoms with E-state index < -0.39 is 0 Å². The highest BCUT2D eigenvalue weighted by Crippen LogP contribution is 2.15. The minimum atomic E-state index is -0.150. The largest absolute Gasteiger partial charge is 0.350 e. The number of fused-ring (bicyclic) bond motifs is 1. The highest BCUT2D eigenvalue weighted by molar-refractivity contribution is 6.05. The van der Waals surface area contributed by atoms with Gasteiger partial charge in [0.15, 0.2) is 0 Å². The molecule has 21 heavy (non-hydrogen) atoms. The molecule has 0 aliphatic heterocycles. The zero-order valence-corrected chi connectivity index (χ0v) is 11.5. The van der Waals surface area contributed by atoms with Crippen molar-refractivity contribution in [2.75, 3.05) is 6.54 Å². The summed E-state index contributed by atoms with van der Waals surface area (Å²) in [6, 6.07) is 15.4. The quantitative estimate of drug-likeness (QED) is 0.797. The molecule has 1 N–H and O–H groups in total. The van der Waals surface area contributed by atoms with E-state index in [0.29, 0.717) is 18.7 Å². The third-order valence-electron chi connectivity index (χ3n) is 3.28. The molecule has 0 aliphatic carbocycles. The van der Waals surface area contributed by atoms with E-state index in [4.69, 9.17) is 0 Å². The van der Waals surface area contributed by atoms with Gasteiger partial charge in [-0.15, -0.1) is 0 Å². The van der Waals surface area contributed by atoms with Crippen molar-refractivity contribution < 1.29 is 4.79 Å². The Morgan fingerprint density at radius 3 is 2.67 bits per heavy atom. The lowest BCUT2D eigenvalue weighted by Crippen LogP contribution is -2.26. The number of carbonyl (C=O) groups is 1. The maximum absolute atomic E-state index is 12.3. The molecule has 3 rings (SSSR count). The summed E-state index contributed by atoms with van der Waals surface area (Å²) in [6.45, 7) is 0.542. The summed E-state index contributed by atoms with van der Waals surface area (Å²) in [6.07, 6.45) is 4.12. The minimum absolute atomic E-state index is 0.150. The van der Waals surface area contributed by atoms with Gasteiger partial charge >= 0.3 is 0 Å². The van der Waals surface area contributed by atoms with Crippen molar-refractivity contribution in [3.8, 4) is 0 Å². The van der Waals surface area contributed by atoms with Crippen LogP contribution in [0.1, 0.15) is 16.2 Å². The number of aromatic nitrogens is 2. The molecule has 0 spiro atoms. The molecule has 1 amide bonds. The first kappa shape index (κ1) is 13.2. The molecule has 1 aromatic carbocycles. The van der Waals surface area contributed by atoms with Crippen LogP contribution in [0.3, 0.4) is 0 Å². The maximum atomic E-state index is 12.3. The Labute approximate surface area is 122 Å². The summed E-state index contributed by atoms with van der Waals surface area (Å²) < 4.78 is 0. The number of benzene rings is 1. The number of rotatable bonds is 4. The van der Waals surface area contributed by atoms with E-state index in [1.807, 2.05) is 48.5 Å². The minimum Gasteiger partial charge on any atom is -0.350 e. The topological polar surface area (TPSA) is 54.9 Å². The van der Waals surface area contributed by atoms with Crippen LogP contribution in [0.25, 0.3) is 10.8 Å². The molecular weight excluding hydrogens is 262 g/mol. The molecule has 2 aromatic heterocycles. The number of hydrogen-bond donors (Lipinski definition) is 1. The van der Waals surface area contributed by atoms with Crippen LogP contribution in [0.5, 0.6) is 0 Å². The first-order valence-electron chi connectivity index (χ1n) is 6.86. The summed E-state index contributed by atoms with van der Waals surface area (Å²) in [5.41, 5.74) is 1.43. The number of hydrogen-bond acceptors (Lipinski definition) is 3. The van der Waals surface area contributed by atoms with Gasteiger partial charge in [0, 0.05) is 36.4 Å². The van der Waals surface area contributed by atoms with Gasteiger partial charge in [-0.1, -0.05) is 30.3 Å². The average Bonchev–Trinajstić information content (AvgIpc) is 2.55. The Kier molecular flexibility index (Phi) is 3.87. The van der Waals surface area contributed by atoms with Crippen molar-refractivity contribution in [1.29, 1.82) is 0 Å². The molecule has 0 saturated carbocycles. The van der Waals surface area contributed by atoms with E-state index in [1.165, 1.54) is 0 Å². The molecule has 4 heteroatoms. The van der Waals surface area contributed by atoms with Crippen LogP contribution in [0.4, 0.5) is 0 Å². The fourth-order valence-electron chi connectivity index (χ4n) is 2.23. The van der Waals surface area contributed by atoms with Gasteiger partial charge in [-0.3, -0.25) is 14.8 Å². The molecule has 2 heterocycles. The van der Waals surface area contributed by atoms with Crippen LogP contribution in [-0.2, 0) is 6.42 Å². The van der Waals surface area contributed by atoms with E-state index in [2.05, 4.69) is 15.3 Å². The molecule has 4 nitrogen and oxygen atoms in total. The van der Waals surface area contributed by atoms with Crippen molar-refractivity contribution in [3.05, 3.63) is 72.3 Å². The van der Waals surface area contributed by atoms with E-state index in [0.717, 1.165) is 16.5 Å². The van der Waals surface area contributed by atoms with Crippen LogP contribution in [0, 0.1) is 0 Å². The van der Waals surface area contributed by atoms with Gasteiger partial charge in [-0.05, 0) is 23.6 Å². The molecule has 0 saturated heterocycles. The Morgan fingerprint density at radius 2 is 1.81 bits per heavy atom. The van der Waals surface area contributed by atoms with Crippen LogP contribution in [0.2, 0.25) is 0 Å². The third-order valence-corrected chi connectivity index (χ3v) is 3.28. The Balaban J connectivity index is 1.70. The zero-order chi connectivity index (χ0) is 14.5.